The monoisotopic (exact) mass is 320 g/mol. The van der Waals surface area contributed by atoms with E-state index in [0.29, 0.717) is 11.1 Å². The fourth-order valence-electron chi connectivity index (χ4n) is 1.78. The van der Waals surface area contributed by atoms with Crippen molar-refractivity contribution < 1.29 is 23.0 Å². The van der Waals surface area contributed by atoms with Crippen molar-refractivity contribution >= 4 is 12.1 Å². The molecule has 2 aromatic rings. The number of hydrogen-bond donors (Lipinski definition) is 1. The molecule has 2 aromatic carbocycles. The Hall–Kier alpha value is -2.96. The second kappa shape index (κ2) is 7.88. The molecule has 0 fully saturated rings. The number of alkyl halides is 2. The maximum atomic E-state index is 12.2. The van der Waals surface area contributed by atoms with E-state index in [9.17, 15) is 13.6 Å². The molecule has 0 aliphatic carbocycles. The van der Waals surface area contributed by atoms with E-state index in [0.717, 1.165) is 0 Å². The molecule has 0 unspecified atom stereocenters. The summed E-state index contributed by atoms with van der Waals surface area (Å²) in [5.41, 5.74) is 3.40. The highest BCUT2D eigenvalue weighted by atomic mass is 19.3. The normalized spacial score (nSPS) is 10.8. The van der Waals surface area contributed by atoms with Crippen LogP contribution in [0.1, 0.15) is 15.9 Å². The lowest BCUT2D eigenvalue weighted by molar-refractivity contribution is -0.0512. The zero-order chi connectivity index (χ0) is 16.7. The molecule has 2 rings (SSSR count). The van der Waals surface area contributed by atoms with Crippen molar-refractivity contribution in [2.45, 2.75) is 6.61 Å². The number of carbonyl (C=O) groups excluding carboxylic acids is 1. The van der Waals surface area contributed by atoms with Crippen molar-refractivity contribution in [2.24, 2.45) is 5.10 Å². The smallest absolute Gasteiger partial charge is 0.387 e. The number of rotatable bonds is 6. The molecule has 0 atom stereocenters. The number of ether oxygens (including phenoxy) is 2. The summed E-state index contributed by atoms with van der Waals surface area (Å²) in [4.78, 5) is 11.8. The molecule has 0 radical (unpaired) electrons. The van der Waals surface area contributed by atoms with Crippen molar-refractivity contribution in [3.05, 3.63) is 59.7 Å². The first-order valence-corrected chi connectivity index (χ1v) is 6.61. The van der Waals surface area contributed by atoms with Gasteiger partial charge in [-0.2, -0.15) is 13.9 Å². The maximum absolute atomic E-state index is 12.2. The molecule has 5 nitrogen and oxygen atoms in total. The summed E-state index contributed by atoms with van der Waals surface area (Å²) in [7, 11) is 1.34. The van der Waals surface area contributed by atoms with Crippen LogP contribution in [0.4, 0.5) is 8.78 Å². The summed E-state index contributed by atoms with van der Waals surface area (Å²) < 4.78 is 33.8. The van der Waals surface area contributed by atoms with Crippen LogP contribution in [0, 0.1) is 0 Å². The molecule has 0 aromatic heterocycles. The van der Waals surface area contributed by atoms with Crippen molar-refractivity contribution in [1.82, 2.24) is 5.43 Å². The number of amides is 1. The molecule has 23 heavy (non-hydrogen) atoms. The molecule has 0 bridgehead atoms. The fourth-order valence-corrected chi connectivity index (χ4v) is 1.78. The minimum Gasteiger partial charge on any atom is -0.493 e. The zero-order valence-electron chi connectivity index (χ0n) is 12.2. The quantitative estimate of drug-likeness (QED) is 0.657. The summed E-state index contributed by atoms with van der Waals surface area (Å²) >= 11 is 0. The van der Waals surface area contributed by atoms with Crippen LogP contribution in [-0.2, 0) is 0 Å². The molecule has 1 N–H and O–H groups in total. The Morgan fingerprint density at radius 3 is 2.57 bits per heavy atom. The summed E-state index contributed by atoms with van der Waals surface area (Å²) in [5.74, 6) is -0.289. The Labute approximate surface area is 131 Å². The molecule has 0 heterocycles. The summed E-state index contributed by atoms with van der Waals surface area (Å²) in [6.45, 7) is -2.94. The summed E-state index contributed by atoms with van der Waals surface area (Å²) in [6, 6.07) is 12.9. The van der Waals surface area contributed by atoms with E-state index in [1.165, 1.54) is 31.5 Å². The second-order valence-corrected chi connectivity index (χ2v) is 4.35. The molecule has 1 amide bonds. The predicted octanol–water partition coefficient (Wildman–Crippen LogP) is 3.06. The van der Waals surface area contributed by atoms with Crippen LogP contribution in [0.25, 0.3) is 0 Å². The molecule has 0 aliphatic heterocycles. The largest absolute Gasteiger partial charge is 0.493 e. The SMILES string of the molecule is COc1cc(/C=N/NC(=O)c2ccccc2)ccc1OC(F)F. The third-order valence-corrected chi connectivity index (χ3v) is 2.82. The van der Waals surface area contributed by atoms with E-state index >= 15 is 0 Å². The van der Waals surface area contributed by atoms with Gasteiger partial charge < -0.3 is 9.47 Å². The number of benzene rings is 2. The Balaban J connectivity index is 2.03. The predicted molar refractivity (Wildman–Crippen MR) is 81.1 cm³/mol. The van der Waals surface area contributed by atoms with Gasteiger partial charge in [0.2, 0.25) is 0 Å². The molecule has 0 aliphatic rings. The highest BCUT2D eigenvalue weighted by Gasteiger charge is 2.10. The van der Waals surface area contributed by atoms with E-state index in [4.69, 9.17) is 4.74 Å². The average Bonchev–Trinajstić information content (AvgIpc) is 2.56. The summed E-state index contributed by atoms with van der Waals surface area (Å²) in [5, 5.41) is 3.81. The lowest BCUT2D eigenvalue weighted by Crippen LogP contribution is -2.17. The Kier molecular flexibility index (Phi) is 5.62. The van der Waals surface area contributed by atoms with Crippen LogP contribution in [0.15, 0.2) is 53.6 Å². The van der Waals surface area contributed by atoms with E-state index in [1.807, 2.05) is 0 Å². The van der Waals surface area contributed by atoms with Crippen LogP contribution in [0.5, 0.6) is 11.5 Å². The number of hydrazone groups is 1. The highest BCUT2D eigenvalue weighted by molar-refractivity contribution is 5.94. The van der Waals surface area contributed by atoms with Crippen molar-refractivity contribution in [3.8, 4) is 11.5 Å². The van der Waals surface area contributed by atoms with Crippen LogP contribution in [0.3, 0.4) is 0 Å². The number of halogens is 2. The second-order valence-electron chi connectivity index (χ2n) is 4.35. The first-order valence-electron chi connectivity index (χ1n) is 6.61. The molecule has 120 valence electrons. The lowest BCUT2D eigenvalue weighted by Gasteiger charge is -2.09. The molecule has 7 heteroatoms. The van der Waals surface area contributed by atoms with Crippen LogP contribution in [-0.4, -0.2) is 25.8 Å². The van der Waals surface area contributed by atoms with Gasteiger partial charge in [0.25, 0.3) is 5.91 Å². The van der Waals surface area contributed by atoms with Crippen LogP contribution < -0.4 is 14.9 Å². The first kappa shape index (κ1) is 16.4. The van der Waals surface area contributed by atoms with E-state index in [-0.39, 0.29) is 17.4 Å². The molecular formula is C16H14F2N2O3. The number of hydrogen-bond acceptors (Lipinski definition) is 4. The lowest BCUT2D eigenvalue weighted by atomic mass is 10.2. The number of methoxy groups -OCH3 is 1. The van der Waals surface area contributed by atoms with Gasteiger partial charge in [-0.1, -0.05) is 18.2 Å². The molecule has 0 saturated heterocycles. The van der Waals surface area contributed by atoms with Gasteiger partial charge in [-0.25, -0.2) is 5.43 Å². The van der Waals surface area contributed by atoms with Gasteiger partial charge in [-0.3, -0.25) is 4.79 Å². The van der Waals surface area contributed by atoms with Gasteiger partial charge in [0, 0.05) is 5.56 Å². The van der Waals surface area contributed by atoms with Gasteiger partial charge >= 0.3 is 6.61 Å². The minimum atomic E-state index is -2.94. The molecule has 0 saturated carbocycles. The van der Waals surface area contributed by atoms with Crippen LogP contribution >= 0.6 is 0 Å². The zero-order valence-corrected chi connectivity index (χ0v) is 12.2. The Morgan fingerprint density at radius 1 is 1.17 bits per heavy atom. The topological polar surface area (TPSA) is 59.9 Å². The van der Waals surface area contributed by atoms with Gasteiger partial charge in [0.05, 0.1) is 13.3 Å². The van der Waals surface area contributed by atoms with Crippen molar-refractivity contribution in [1.29, 1.82) is 0 Å². The number of nitrogens with one attached hydrogen (secondary N) is 1. The van der Waals surface area contributed by atoms with E-state index in [2.05, 4.69) is 15.3 Å². The van der Waals surface area contributed by atoms with Crippen molar-refractivity contribution in [3.63, 3.8) is 0 Å². The number of nitrogens with zero attached hydrogens (tertiary/aromatic N) is 1. The van der Waals surface area contributed by atoms with Crippen molar-refractivity contribution in [2.75, 3.05) is 7.11 Å². The van der Waals surface area contributed by atoms with Gasteiger partial charge in [-0.05, 0) is 35.9 Å². The van der Waals surface area contributed by atoms with Gasteiger partial charge in [0.15, 0.2) is 11.5 Å². The maximum Gasteiger partial charge on any atom is 0.387 e. The van der Waals surface area contributed by atoms with E-state index in [1.54, 1.807) is 30.3 Å². The standard InChI is InChI=1S/C16H14F2N2O3/c1-22-14-9-11(7-8-13(14)23-16(17)18)10-19-20-15(21)12-5-3-2-4-6-12/h2-10,16H,1H3,(H,20,21)/b19-10+. The Bertz CT molecular complexity index is 691. The first-order chi connectivity index (χ1) is 11.1. The molecule has 0 spiro atoms. The third kappa shape index (κ3) is 4.77. The summed E-state index contributed by atoms with van der Waals surface area (Å²) in [6.07, 6.45) is 1.37. The third-order valence-electron chi connectivity index (χ3n) is 2.82. The fraction of sp³-hybridized carbons (Fsp3) is 0.125. The van der Waals surface area contributed by atoms with Gasteiger partial charge in [0.1, 0.15) is 0 Å². The highest BCUT2D eigenvalue weighted by Crippen LogP contribution is 2.28. The average molecular weight is 320 g/mol. The van der Waals surface area contributed by atoms with E-state index < -0.39 is 6.61 Å². The van der Waals surface area contributed by atoms with Crippen LogP contribution in [0.2, 0.25) is 0 Å². The van der Waals surface area contributed by atoms with Gasteiger partial charge in [-0.15, -0.1) is 0 Å². The molecular weight excluding hydrogens is 306 g/mol. The Morgan fingerprint density at radius 2 is 1.91 bits per heavy atom. The minimum absolute atomic E-state index is 0.0760. The number of carbonyl (C=O) groups is 1.